The van der Waals surface area contributed by atoms with Crippen LogP contribution in [0.1, 0.15) is 23.2 Å². The molecule has 0 aliphatic carbocycles. The minimum atomic E-state index is -0.599. The van der Waals surface area contributed by atoms with E-state index in [-0.39, 0.29) is 6.42 Å². The predicted octanol–water partition coefficient (Wildman–Crippen LogP) is 3.70. The largest absolute Gasteiger partial charge is 0.383 e. The third-order valence-electron chi connectivity index (χ3n) is 3.23. The quantitative estimate of drug-likeness (QED) is 0.802. The number of hydrogen-bond donors (Lipinski definition) is 1. The van der Waals surface area contributed by atoms with Crippen molar-refractivity contribution in [3.05, 3.63) is 52.2 Å². The van der Waals surface area contributed by atoms with Crippen LogP contribution in [0.4, 0.5) is 14.6 Å². The molecule has 0 radical (unpaired) electrons. The second-order valence-corrected chi connectivity index (χ2v) is 5.84. The number of thiophene rings is 1. The highest BCUT2D eigenvalue weighted by Gasteiger charge is 2.12. The zero-order chi connectivity index (χ0) is 15.0. The van der Waals surface area contributed by atoms with Gasteiger partial charge in [0.15, 0.2) is 0 Å². The summed E-state index contributed by atoms with van der Waals surface area (Å²) in [6.45, 7) is 2.06. The molecule has 3 rings (SSSR count). The van der Waals surface area contributed by atoms with E-state index in [1.54, 1.807) is 11.3 Å². The second kappa shape index (κ2) is 5.37. The van der Waals surface area contributed by atoms with Crippen LogP contribution in [0.25, 0.3) is 10.2 Å². The van der Waals surface area contributed by atoms with Gasteiger partial charge in [-0.15, -0.1) is 11.3 Å². The molecule has 0 spiro atoms. The molecular weight excluding hydrogens is 292 g/mol. The summed E-state index contributed by atoms with van der Waals surface area (Å²) in [4.78, 5) is 10.6. The third kappa shape index (κ3) is 2.71. The number of nitrogens with zero attached hydrogens (tertiary/aromatic N) is 2. The van der Waals surface area contributed by atoms with E-state index in [4.69, 9.17) is 5.73 Å². The fourth-order valence-corrected chi connectivity index (χ4v) is 3.12. The Morgan fingerprint density at radius 3 is 2.71 bits per heavy atom. The molecule has 21 heavy (non-hydrogen) atoms. The Labute approximate surface area is 124 Å². The molecule has 0 atom stereocenters. The van der Waals surface area contributed by atoms with E-state index in [1.807, 2.05) is 6.07 Å². The number of fused-ring (bicyclic) bond motifs is 1. The normalized spacial score (nSPS) is 11.2. The van der Waals surface area contributed by atoms with Gasteiger partial charge in [-0.3, -0.25) is 0 Å². The van der Waals surface area contributed by atoms with Gasteiger partial charge in [0, 0.05) is 17.4 Å². The first-order valence-electron chi connectivity index (χ1n) is 6.55. The van der Waals surface area contributed by atoms with Crippen LogP contribution in [-0.2, 0) is 12.8 Å². The molecule has 108 valence electrons. The Bertz CT molecular complexity index is 814. The number of benzene rings is 1. The average Bonchev–Trinajstić information content (AvgIpc) is 2.86. The van der Waals surface area contributed by atoms with E-state index in [0.29, 0.717) is 17.2 Å². The lowest BCUT2D eigenvalue weighted by Gasteiger charge is -2.04. The molecule has 3 nitrogen and oxygen atoms in total. The second-order valence-electron chi connectivity index (χ2n) is 4.72. The van der Waals surface area contributed by atoms with Gasteiger partial charge in [-0.25, -0.2) is 18.7 Å². The maximum Gasteiger partial charge on any atom is 0.136 e. The molecule has 0 bridgehead atoms. The number of anilines is 1. The van der Waals surface area contributed by atoms with Crippen molar-refractivity contribution < 1.29 is 8.78 Å². The van der Waals surface area contributed by atoms with Gasteiger partial charge < -0.3 is 5.73 Å². The Morgan fingerprint density at radius 2 is 2.00 bits per heavy atom. The van der Waals surface area contributed by atoms with E-state index in [9.17, 15) is 8.78 Å². The molecule has 0 aliphatic heterocycles. The van der Waals surface area contributed by atoms with Crippen LogP contribution in [0, 0.1) is 11.6 Å². The van der Waals surface area contributed by atoms with Crippen LogP contribution >= 0.6 is 11.3 Å². The zero-order valence-corrected chi connectivity index (χ0v) is 12.2. The summed E-state index contributed by atoms with van der Waals surface area (Å²) in [5.74, 6) is -0.362. The first kappa shape index (κ1) is 13.9. The molecule has 0 aliphatic rings. The van der Waals surface area contributed by atoms with E-state index in [2.05, 4.69) is 16.9 Å². The summed E-state index contributed by atoms with van der Waals surface area (Å²) in [5.41, 5.74) is 6.29. The number of hydrogen-bond acceptors (Lipinski definition) is 4. The Balaban J connectivity index is 2.00. The summed E-state index contributed by atoms with van der Waals surface area (Å²) in [5, 5.41) is 0.833. The first-order valence-corrected chi connectivity index (χ1v) is 7.37. The zero-order valence-electron chi connectivity index (χ0n) is 11.4. The molecule has 3 aromatic rings. The van der Waals surface area contributed by atoms with Crippen LogP contribution < -0.4 is 5.73 Å². The molecule has 0 unspecified atom stereocenters. The molecule has 2 aromatic heterocycles. The number of aromatic nitrogens is 2. The lowest BCUT2D eigenvalue weighted by molar-refractivity contribution is 0.573. The lowest BCUT2D eigenvalue weighted by Crippen LogP contribution is -2.02. The van der Waals surface area contributed by atoms with Gasteiger partial charge in [0.05, 0.1) is 5.39 Å². The molecule has 0 saturated carbocycles. The Kier molecular flexibility index (Phi) is 3.55. The fourth-order valence-electron chi connectivity index (χ4n) is 2.13. The van der Waals surface area contributed by atoms with Crippen molar-refractivity contribution in [3.63, 3.8) is 0 Å². The molecule has 2 N–H and O–H groups in total. The number of nitrogens with two attached hydrogens (primary N) is 1. The van der Waals surface area contributed by atoms with Gasteiger partial charge in [-0.2, -0.15) is 0 Å². The van der Waals surface area contributed by atoms with E-state index in [0.717, 1.165) is 22.7 Å². The predicted molar refractivity (Wildman–Crippen MR) is 80.4 cm³/mol. The number of nitrogen functional groups attached to an aromatic ring is 1. The lowest BCUT2D eigenvalue weighted by atomic mass is 10.1. The number of rotatable bonds is 3. The first-order chi connectivity index (χ1) is 10.1. The molecule has 0 amide bonds. The minimum absolute atomic E-state index is 0.186. The molecule has 6 heteroatoms. The van der Waals surface area contributed by atoms with Crippen LogP contribution in [0.3, 0.4) is 0 Å². The molecule has 0 saturated heterocycles. The minimum Gasteiger partial charge on any atom is -0.383 e. The average molecular weight is 305 g/mol. The topological polar surface area (TPSA) is 51.8 Å². The van der Waals surface area contributed by atoms with Crippen molar-refractivity contribution >= 4 is 27.4 Å². The van der Waals surface area contributed by atoms with Crippen LogP contribution in [0.2, 0.25) is 0 Å². The summed E-state index contributed by atoms with van der Waals surface area (Å²) in [7, 11) is 0. The summed E-state index contributed by atoms with van der Waals surface area (Å²) in [6.07, 6.45) is 1.09. The molecule has 2 heterocycles. The molecule has 0 fully saturated rings. The molecular formula is C15H13F2N3S. The highest BCUT2D eigenvalue weighted by atomic mass is 32.1. The summed E-state index contributed by atoms with van der Waals surface area (Å²) in [6, 6.07) is 5.47. The highest BCUT2D eigenvalue weighted by molar-refractivity contribution is 7.18. The number of halogens is 2. The standard InChI is InChI=1S/C15H13F2N3S/c1-2-10-7-11-14(18)19-13(20-15(11)21-10)5-8-3-4-9(16)6-12(8)17/h3-4,6-7H,2,5H2,1H3,(H2,18,19,20). The van der Waals surface area contributed by atoms with Crippen molar-refractivity contribution in [2.75, 3.05) is 5.73 Å². The van der Waals surface area contributed by atoms with Gasteiger partial charge in [0.25, 0.3) is 0 Å². The van der Waals surface area contributed by atoms with Crippen molar-refractivity contribution in [2.24, 2.45) is 0 Å². The van der Waals surface area contributed by atoms with Gasteiger partial charge in [0.2, 0.25) is 0 Å². The third-order valence-corrected chi connectivity index (χ3v) is 4.40. The highest BCUT2D eigenvalue weighted by Crippen LogP contribution is 2.28. The molecule has 1 aromatic carbocycles. The fraction of sp³-hybridized carbons (Fsp3) is 0.200. The van der Waals surface area contributed by atoms with Gasteiger partial charge >= 0.3 is 0 Å². The van der Waals surface area contributed by atoms with Crippen LogP contribution in [0.15, 0.2) is 24.3 Å². The van der Waals surface area contributed by atoms with E-state index < -0.39 is 11.6 Å². The van der Waals surface area contributed by atoms with E-state index >= 15 is 0 Å². The van der Waals surface area contributed by atoms with Gasteiger partial charge in [0.1, 0.15) is 28.1 Å². The van der Waals surface area contributed by atoms with Crippen LogP contribution in [0.5, 0.6) is 0 Å². The van der Waals surface area contributed by atoms with Crippen LogP contribution in [-0.4, -0.2) is 9.97 Å². The van der Waals surface area contributed by atoms with Crippen molar-refractivity contribution in [3.8, 4) is 0 Å². The van der Waals surface area contributed by atoms with Crippen molar-refractivity contribution in [2.45, 2.75) is 19.8 Å². The van der Waals surface area contributed by atoms with Gasteiger partial charge in [-0.1, -0.05) is 13.0 Å². The maximum absolute atomic E-state index is 13.7. The number of aryl methyl sites for hydroxylation is 1. The van der Waals surface area contributed by atoms with Gasteiger partial charge in [-0.05, 0) is 24.1 Å². The summed E-state index contributed by atoms with van der Waals surface area (Å²) >= 11 is 1.56. The summed E-state index contributed by atoms with van der Waals surface area (Å²) < 4.78 is 26.6. The monoisotopic (exact) mass is 305 g/mol. The van der Waals surface area contributed by atoms with E-state index in [1.165, 1.54) is 17.0 Å². The Hall–Kier alpha value is -2.08. The SMILES string of the molecule is CCc1cc2c(N)nc(Cc3ccc(F)cc3F)nc2s1. The smallest absolute Gasteiger partial charge is 0.136 e. The Morgan fingerprint density at radius 1 is 1.19 bits per heavy atom. The van der Waals surface area contributed by atoms with Crippen molar-refractivity contribution in [1.82, 2.24) is 9.97 Å². The van der Waals surface area contributed by atoms with Crippen molar-refractivity contribution in [1.29, 1.82) is 0 Å². The maximum atomic E-state index is 13.7.